The van der Waals surface area contributed by atoms with Crippen molar-refractivity contribution in [3.05, 3.63) is 0 Å². The van der Waals surface area contributed by atoms with Crippen molar-refractivity contribution >= 4 is 0 Å². The normalized spacial score (nSPS) is 54.7. The van der Waals surface area contributed by atoms with Crippen LogP contribution in [-0.2, 0) is 9.47 Å². The minimum atomic E-state index is 0.533. The quantitative estimate of drug-likeness (QED) is 0.713. The maximum Gasteiger partial charge on any atom is 0.0704 e. The van der Waals surface area contributed by atoms with E-state index in [-0.39, 0.29) is 0 Å². The van der Waals surface area contributed by atoms with Gasteiger partial charge < -0.3 is 9.47 Å². The predicted molar refractivity (Wildman–Crippen MR) is 84.0 cm³/mol. The third-order valence-electron chi connectivity index (χ3n) is 7.89. The van der Waals surface area contributed by atoms with E-state index in [1.54, 1.807) is 13.5 Å². The number of methoxy groups -OCH3 is 1. The Kier molecular flexibility index (Phi) is 3.82. The summed E-state index contributed by atoms with van der Waals surface area (Å²) in [5.41, 5.74) is 0. The van der Waals surface area contributed by atoms with Crippen LogP contribution < -0.4 is 0 Å². The highest BCUT2D eigenvalue weighted by Crippen LogP contribution is 2.64. The molecule has 4 fully saturated rings. The molecule has 21 heavy (non-hydrogen) atoms. The highest BCUT2D eigenvalue weighted by molar-refractivity contribution is 5.07. The molecule has 0 aromatic rings. The summed E-state index contributed by atoms with van der Waals surface area (Å²) in [7, 11) is 1.76. The summed E-state index contributed by atoms with van der Waals surface area (Å²) in [6.45, 7) is 6.64. The topological polar surface area (TPSA) is 18.5 Å². The molecule has 9 atom stereocenters. The molecule has 2 nitrogen and oxygen atoms in total. The second kappa shape index (κ2) is 5.53. The van der Waals surface area contributed by atoms with Crippen LogP contribution in [-0.4, -0.2) is 26.4 Å². The van der Waals surface area contributed by atoms with Gasteiger partial charge in [-0.05, 0) is 79.4 Å². The van der Waals surface area contributed by atoms with Crippen LogP contribution in [0.5, 0.6) is 0 Å². The molecule has 120 valence electrons. The summed E-state index contributed by atoms with van der Waals surface area (Å²) in [6.07, 6.45) is 7.94. The predicted octanol–water partition coefficient (Wildman–Crippen LogP) is 3.99. The molecule has 0 radical (unpaired) electrons. The van der Waals surface area contributed by atoms with Gasteiger partial charge in [-0.25, -0.2) is 0 Å². The van der Waals surface area contributed by atoms with Gasteiger partial charge in [0.1, 0.15) is 0 Å². The summed E-state index contributed by atoms with van der Waals surface area (Å²) >= 11 is 0. The fraction of sp³-hybridized carbons (Fsp3) is 1.00. The summed E-state index contributed by atoms with van der Waals surface area (Å²) in [5, 5.41) is 0. The molecule has 0 amide bonds. The standard InChI is InChI=1S/C19H32O2/c1-11-13-4-5-14(8-13)18(11)19-12(2)16-9-15(19)10-17(16)21-7-6-20-3/h11-19H,4-10H2,1-3H3. The number of hydrogen-bond acceptors (Lipinski definition) is 2. The zero-order valence-electron chi connectivity index (χ0n) is 14.0. The lowest BCUT2D eigenvalue weighted by atomic mass is 9.64. The van der Waals surface area contributed by atoms with Crippen molar-refractivity contribution in [1.82, 2.24) is 0 Å². The van der Waals surface area contributed by atoms with Gasteiger partial charge in [0.15, 0.2) is 0 Å². The Morgan fingerprint density at radius 3 is 2.24 bits per heavy atom. The Hall–Kier alpha value is -0.0800. The van der Waals surface area contributed by atoms with Crippen LogP contribution in [0.25, 0.3) is 0 Å². The molecule has 0 saturated heterocycles. The Bertz CT molecular complexity index is 378. The van der Waals surface area contributed by atoms with E-state index in [1.165, 1.54) is 25.7 Å². The lowest BCUT2D eigenvalue weighted by Crippen LogP contribution is -2.39. The lowest BCUT2D eigenvalue weighted by molar-refractivity contribution is -0.0460. The Labute approximate surface area is 130 Å². The van der Waals surface area contributed by atoms with Crippen molar-refractivity contribution in [3.8, 4) is 0 Å². The maximum absolute atomic E-state index is 6.12. The van der Waals surface area contributed by atoms with Crippen LogP contribution in [0.1, 0.15) is 46.0 Å². The molecule has 0 aromatic carbocycles. The van der Waals surface area contributed by atoms with Gasteiger partial charge in [-0.1, -0.05) is 13.8 Å². The average molecular weight is 292 g/mol. The molecule has 0 spiro atoms. The molecule has 4 bridgehead atoms. The van der Waals surface area contributed by atoms with Crippen molar-refractivity contribution in [2.24, 2.45) is 47.3 Å². The van der Waals surface area contributed by atoms with E-state index in [1.807, 2.05) is 0 Å². The van der Waals surface area contributed by atoms with Crippen LogP contribution in [0.3, 0.4) is 0 Å². The molecule has 2 heteroatoms. The van der Waals surface area contributed by atoms with E-state index in [9.17, 15) is 0 Å². The minimum Gasteiger partial charge on any atom is -0.382 e. The van der Waals surface area contributed by atoms with Gasteiger partial charge in [0, 0.05) is 7.11 Å². The van der Waals surface area contributed by atoms with Crippen LogP contribution in [0.15, 0.2) is 0 Å². The average Bonchev–Trinajstić information content (AvgIpc) is 3.19. The monoisotopic (exact) mass is 292 g/mol. The van der Waals surface area contributed by atoms with E-state index in [4.69, 9.17) is 9.47 Å². The first kappa shape index (κ1) is 14.5. The summed E-state index contributed by atoms with van der Waals surface area (Å²) < 4.78 is 11.3. The number of ether oxygens (including phenoxy) is 2. The van der Waals surface area contributed by atoms with Gasteiger partial charge in [-0.3, -0.25) is 0 Å². The molecule has 0 N–H and O–H groups in total. The van der Waals surface area contributed by atoms with E-state index in [2.05, 4.69) is 13.8 Å². The number of rotatable bonds is 5. The molecule has 0 aliphatic heterocycles. The van der Waals surface area contributed by atoms with Crippen LogP contribution >= 0.6 is 0 Å². The maximum atomic E-state index is 6.12. The zero-order valence-corrected chi connectivity index (χ0v) is 14.0. The fourth-order valence-electron chi connectivity index (χ4n) is 7.08. The van der Waals surface area contributed by atoms with Crippen molar-refractivity contribution in [2.75, 3.05) is 20.3 Å². The second-order valence-electron chi connectivity index (χ2n) is 8.50. The highest BCUT2D eigenvalue weighted by Gasteiger charge is 2.58. The zero-order chi connectivity index (χ0) is 14.6. The third-order valence-corrected chi connectivity index (χ3v) is 7.89. The van der Waals surface area contributed by atoms with Crippen LogP contribution in [0.4, 0.5) is 0 Å². The molecular formula is C19H32O2. The fourth-order valence-corrected chi connectivity index (χ4v) is 7.08. The highest BCUT2D eigenvalue weighted by atomic mass is 16.5. The smallest absolute Gasteiger partial charge is 0.0704 e. The number of hydrogen-bond donors (Lipinski definition) is 0. The van der Waals surface area contributed by atoms with Crippen molar-refractivity contribution < 1.29 is 9.47 Å². The van der Waals surface area contributed by atoms with Gasteiger partial charge in [-0.15, -0.1) is 0 Å². The molecule has 4 saturated carbocycles. The van der Waals surface area contributed by atoms with Gasteiger partial charge in [0.2, 0.25) is 0 Å². The first-order valence-electron chi connectivity index (χ1n) is 9.31. The van der Waals surface area contributed by atoms with E-state index in [0.717, 1.165) is 60.6 Å². The summed E-state index contributed by atoms with van der Waals surface area (Å²) in [4.78, 5) is 0. The minimum absolute atomic E-state index is 0.533. The Morgan fingerprint density at radius 2 is 1.57 bits per heavy atom. The molecule has 0 heterocycles. The Morgan fingerprint density at radius 1 is 0.810 bits per heavy atom. The third kappa shape index (κ3) is 2.20. The van der Waals surface area contributed by atoms with Gasteiger partial charge >= 0.3 is 0 Å². The van der Waals surface area contributed by atoms with Crippen molar-refractivity contribution in [3.63, 3.8) is 0 Å². The molecule has 4 aliphatic carbocycles. The summed E-state index contributed by atoms with van der Waals surface area (Å²) in [6, 6.07) is 0. The molecule has 4 aliphatic rings. The Balaban J connectivity index is 1.42. The molecule has 0 aromatic heterocycles. The summed E-state index contributed by atoms with van der Waals surface area (Å²) in [5.74, 6) is 7.90. The lowest BCUT2D eigenvalue weighted by Gasteiger charge is -2.42. The van der Waals surface area contributed by atoms with Gasteiger partial charge in [-0.2, -0.15) is 0 Å². The largest absolute Gasteiger partial charge is 0.382 e. The van der Waals surface area contributed by atoms with Gasteiger partial charge in [0.05, 0.1) is 19.3 Å². The second-order valence-corrected chi connectivity index (χ2v) is 8.50. The van der Waals surface area contributed by atoms with E-state index >= 15 is 0 Å². The van der Waals surface area contributed by atoms with Crippen molar-refractivity contribution in [2.45, 2.75) is 52.1 Å². The van der Waals surface area contributed by atoms with Gasteiger partial charge in [0.25, 0.3) is 0 Å². The van der Waals surface area contributed by atoms with E-state index < -0.39 is 0 Å². The van der Waals surface area contributed by atoms with E-state index in [0.29, 0.717) is 6.10 Å². The van der Waals surface area contributed by atoms with Crippen LogP contribution in [0, 0.1) is 47.3 Å². The van der Waals surface area contributed by atoms with Crippen LogP contribution in [0.2, 0.25) is 0 Å². The first-order valence-corrected chi connectivity index (χ1v) is 9.31. The molecular weight excluding hydrogens is 260 g/mol. The van der Waals surface area contributed by atoms with Crippen molar-refractivity contribution in [1.29, 1.82) is 0 Å². The SMILES string of the molecule is COCCOC1CC2CC1C(C)C2C1C2CCC(C2)C1C. The first-order chi connectivity index (χ1) is 10.2. The molecule has 9 unspecified atom stereocenters. The number of fused-ring (bicyclic) bond motifs is 4. The molecule has 4 rings (SSSR count).